The maximum atomic E-state index is 12.2. The SMILES string of the molecule is COC1CCN(C(=O)c2csc(CCN)n2)CC1. The number of carbonyl (C=O) groups excluding carboxylic acids is 1. The lowest BCUT2D eigenvalue weighted by molar-refractivity contribution is 0.0348. The van der Waals surface area contributed by atoms with E-state index >= 15 is 0 Å². The van der Waals surface area contributed by atoms with Crippen LogP contribution in [-0.4, -0.2) is 48.6 Å². The number of likely N-dealkylation sites (tertiary alicyclic amines) is 1. The zero-order chi connectivity index (χ0) is 13.0. The first kappa shape index (κ1) is 13.5. The minimum Gasteiger partial charge on any atom is -0.381 e. The number of hydrogen-bond donors (Lipinski definition) is 1. The van der Waals surface area contributed by atoms with Gasteiger partial charge in [-0.15, -0.1) is 11.3 Å². The number of ether oxygens (including phenoxy) is 1. The van der Waals surface area contributed by atoms with Crippen LogP contribution in [-0.2, 0) is 11.2 Å². The van der Waals surface area contributed by atoms with E-state index in [1.807, 2.05) is 10.3 Å². The second-order valence-electron chi connectivity index (χ2n) is 4.39. The monoisotopic (exact) mass is 269 g/mol. The number of nitrogens with zero attached hydrogens (tertiary/aromatic N) is 2. The normalized spacial score (nSPS) is 17.1. The Balaban J connectivity index is 1.94. The number of thiazole rings is 1. The summed E-state index contributed by atoms with van der Waals surface area (Å²) in [5, 5.41) is 2.77. The van der Waals surface area contributed by atoms with Gasteiger partial charge in [0, 0.05) is 32.0 Å². The highest BCUT2D eigenvalue weighted by Gasteiger charge is 2.24. The second kappa shape index (κ2) is 6.26. The van der Waals surface area contributed by atoms with Crippen LogP contribution in [0.4, 0.5) is 0 Å². The van der Waals surface area contributed by atoms with E-state index in [0.717, 1.165) is 37.4 Å². The first-order valence-electron chi connectivity index (χ1n) is 6.21. The predicted octanol–water partition coefficient (Wildman–Crippen LogP) is 0.895. The van der Waals surface area contributed by atoms with Gasteiger partial charge in [0.05, 0.1) is 11.1 Å². The van der Waals surface area contributed by atoms with E-state index in [4.69, 9.17) is 10.5 Å². The molecule has 1 aliphatic heterocycles. The molecular weight excluding hydrogens is 250 g/mol. The van der Waals surface area contributed by atoms with Gasteiger partial charge >= 0.3 is 0 Å². The van der Waals surface area contributed by atoms with Crippen molar-refractivity contribution in [3.63, 3.8) is 0 Å². The molecular formula is C12H19N3O2S. The fourth-order valence-electron chi connectivity index (χ4n) is 2.10. The molecule has 2 N–H and O–H groups in total. The summed E-state index contributed by atoms with van der Waals surface area (Å²) in [4.78, 5) is 18.4. The Hall–Kier alpha value is -0.980. The minimum atomic E-state index is 0.0316. The Morgan fingerprint density at radius 2 is 2.33 bits per heavy atom. The number of aromatic nitrogens is 1. The summed E-state index contributed by atoms with van der Waals surface area (Å²) in [6.07, 6.45) is 2.84. The summed E-state index contributed by atoms with van der Waals surface area (Å²) < 4.78 is 5.30. The van der Waals surface area contributed by atoms with Gasteiger partial charge in [-0.1, -0.05) is 0 Å². The molecule has 0 unspecified atom stereocenters. The lowest BCUT2D eigenvalue weighted by Crippen LogP contribution is -2.40. The molecule has 0 bridgehead atoms. The quantitative estimate of drug-likeness (QED) is 0.881. The lowest BCUT2D eigenvalue weighted by atomic mass is 10.1. The van der Waals surface area contributed by atoms with Gasteiger partial charge in [-0.25, -0.2) is 4.98 Å². The summed E-state index contributed by atoms with van der Waals surface area (Å²) in [6, 6.07) is 0. The van der Waals surface area contributed by atoms with Crippen LogP contribution in [0, 0.1) is 0 Å². The molecule has 0 radical (unpaired) electrons. The molecule has 2 heterocycles. The maximum Gasteiger partial charge on any atom is 0.273 e. The molecule has 0 aromatic carbocycles. The molecule has 5 nitrogen and oxygen atoms in total. The van der Waals surface area contributed by atoms with Gasteiger partial charge < -0.3 is 15.4 Å². The molecule has 6 heteroatoms. The molecule has 0 spiro atoms. The standard InChI is InChI=1S/C12H19N3O2S/c1-17-9-3-6-15(7-4-9)12(16)10-8-18-11(14-10)2-5-13/h8-9H,2-7,13H2,1H3. The Labute approximate surface area is 111 Å². The smallest absolute Gasteiger partial charge is 0.273 e. The third kappa shape index (κ3) is 3.07. The Morgan fingerprint density at radius 1 is 1.61 bits per heavy atom. The molecule has 0 atom stereocenters. The van der Waals surface area contributed by atoms with E-state index in [1.54, 1.807) is 7.11 Å². The van der Waals surface area contributed by atoms with Gasteiger partial charge in [0.1, 0.15) is 5.69 Å². The van der Waals surface area contributed by atoms with Crippen LogP contribution >= 0.6 is 11.3 Å². The highest BCUT2D eigenvalue weighted by molar-refractivity contribution is 7.09. The topological polar surface area (TPSA) is 68.5 Å². The Bertz CT molecular complexity index is 400. The summed E-state index contributed by atoms with van der Waals surface area (Å²) >= 11 is 1.51. The Kier molecular flexibility index (Phi) is 4.68. The van der Waals surface area contributed by atoms with Crippen molar-refractivity contribution in [2.45, 2.75) is 25.4 Å². The number of hydrogen-bond acceptors (Lipinski definition) is 5. The van der Waals surface area contributed by atoms with Gasteiger partial charge in [0.15, 0.2) is 0 Å². The number of nitrogens with two attached hydrogens (primary N) is 1. The Morgan fingerprint density at radius 3 is 2.94 bits per heavy atom. The molecule has 0 saturated carbocycles. The number of methoxy groups -OCH3 is 1. The van der Waals surface area contributed by atoms with E-state index in [2.05, 4.69) is 4.98 Å². The van der Waals surface area contributed by atoms with E-state index in [0.29, 0.717) is 12.2 Å². The van der Waals surface area contributed by atoms with Gasteiger partial charge in [-0.3, -0.25) is 4.79 Å². The third-order valence-corrected chi connectivity index (χ3v) is 4.10. The van der Waals surface area contributed by atoms with Crippen LogP contribution in [0.3, 0.4) is 0 Å². The van der Waals surface area contributed by atoms with Crippen LogP contribution in [0.25, 0.3) is 0 Å². The van der Waals surface area contributed by atoms with Crippen molar-refractivity contribution in [1.82, 2.24) is 9.88 Å². The van der Waals surface area contributed by atoms with E-state index < -0.39 is 0 Å². The van der Waals surface area contributed by atoms with Crippen molar-refractivity contribution < 1.29 is 9.53 Å². The number of rotatable bonds is 4. The van der Waals surface area contributed by atoms with Crippen molar-refractivity contribution in [2.24, 2.45) is 5.73 Å². The maximum absolute atomic E-state index is 12.2. The van der Waals surface area contributed by atoms with Crippen molar-refractivity contribution in [1.29, 1.82) is 0 Å². The average molecular weight is 269 g/mol. The molecule has 1 amide bonds. The lowest BCUT2D eigenvalue weighted by Gasteiger charge is -2.30. The van der Waals surface area contributed by atoms with Crippen molar-refractivity contribution in [2.75, 3.05) is 26.7 Å². The van der Waals surface area contributed by atoms with Crippen LogP contribution < -0.4 is 5.73 Å². The van der Waals surface area contributed by atoms with Gasteiger partial charge in [-0.2, -0.15) is 0 Å². The molecule has 1 saturated heterocycles. The number of amides is 1. The van der Waals surface area contributed by atoms with E-state index in [-0.39, 0.29) is 12.0 Å². The van der Waals surface area contributed by atoms with E-state index in [9.17, 15) is 4.79 Å². The third-order valence-electron chi connectivity index (χ3n) is 3.19. The van der Waals surface area contributed by atoms with Gasteiger partial charge in [0.25, 0.3) is 5.91 Å². The average Bonchev–Trinajstić information content (AvgIpc) is 2.87. The highest BCUT2D eigenvalue weighted by Crippen LogP contribution is 2.17. The molecule has 1 aromatic heterocycles. The van der Waals surface area contributed by atoms with Crippen LogP contribution in [0.15, 0.2) is 5.38 Å². The largest absolute Gasteiger partial charge is 0.381 e. The molecule has 1 fully saturated rings. The van der Waals surface area contributed by atoms with E-state index in [1.165, 1.54) is 11.3 Å². The van der Waals surface area contributed by atoms with Crippen LogP contribution in [0.1, 0.15) is 28.3 Å². The van der Waals surface area contributed by atoms with Crippen LogP contribution in [0.2, 0.25) is 0 Å². The van der Waals surface area contributed by atoms with Crippen LogP contribution in [0.5, 0.6) is 0 Å². The minimum absolute atomic E-state index is 0.0316. The fourth-order valence-corrected chi connectivity index (χ4v) is 2.89. The number of carbonyl (C=O) groups is 1. The zero-order valence-corrected chi connectivity index (χ0v) is 11.4. The molecule has 18 heavy (non-hydrogen) atoms. The summed E-state index contributed by atoms with van der Waals surface area (Å²) in [7, 11) is 1.72. The summed E-state index contributed by atoms with van der Waals surface area (Å²) in [5.41, 5.74) is 6.03. The zero-order valence-electron chi connectivity index (χ0n) is 10.6. The first-order chi connectivity index (χ1) is 8.74. The van der Waals surface area contributed by atoms with Gasteiger partial charge in [0.2, 0.25) is 0 Å². The van der Waals surface area contributed by atoms with Crippen molar-refractivity contribution in [3.8, 4) is 0 Å². The first-order valence-corrected chi connectivity index (χ1v) is 7.09. The molecule has 2 rings (SSSR count). The molecule has 1 aromatic rings. The molecule has 1 aliphatic rings. The van der Waals surface area contributed by atoms with Crippen molar-refractivity contribution >= 4 is 17.2 Å². The predicted molar refractivity (Wildman–Crippen MR) is 70.8 cm³/mol. The van der Waals surface area contributed by atoms with Gasteiger partial charge in [-0.05, 0) is 19.4 Å². The fraction of sp³-hybridized carbons (Fsp3) is 0.667. The summed E-state index contributed by atoms with van der Waals surface area (Å²) in [5.74, 6) is 0.0316. The van der Waals surface area contributed by atoms with Crippen molar-refractivity contribution in [3.05, 3.63) is 16.1 Å². The second-order valence-corrected chi connectivity index (χ2v) is 5.34. The molecule has 100 valence electrons. The highest BCUT2D eigenvalue weighted by atomic mass is 32.1. The number of piperidine rings is 1. The summed E-state index contributed by atoms with van der Waals surface area (Å²) in [6.45, 7) is 2.07. The molecule has 0 aliphatic carbocycles.